The van der Waals surface area contributed by atoms with Crippen LogP contribution in [0.4, 0.5) is 0 Å². The molecular weight excluding hydrogens is 360 g/mol. The van der Waals surface area contributed by atoms with Gasteiger partial charge in [0.1, 0.15) is 12.2 Å². The van der Waals surface area contributed by atoms with Crippen LogP contribution in [0.15, 0.2) is 0 Å². The quantitative estimate of drug-likeness (QED) is 0.315. The maximum Gasteiger partial charge on any atom is 0.267 e. The SMILES string of the molecule is CCCC(=O)C1(O)O[C@H](CO)[C@@H](O)[C@@](O)(C(=O)CCC)[C@]1(O)C(=O)CCC. The van der Waals surface area contributed by atoms with E-state index in [0.717, 1.165) is 0 Å². The van der Waals surface area contributed by atoms with Gasteiger partial charge in [0.05, 0.1) is 6.61 Å². The molecule has 27 heavy (non-hydrogen) atoms. The average molecular weight is 390 g/mol. The molecular formula is C18H30O9. The zero-order valence-electron chi connectivity index (χ0n) is 16.0. The van der Waals surface area contributed by atoms with Gasteiger partial charge in [0.2, 0.25) is 5.60 Å². The van der Waals surface area contributed by atoms with Gasteiger partial charge in [-0.05, 0) is 19.3 Å². The summed E-state index contributed by atoms with van der Waals surface area (Å²) >= 11 is 0. The molecule has 5 N–H and O–H groups in total. The predicted molar refractivity (Wildman–Crippen MR) is 92.6 cm³/mol. The van der Waals surface area contributed by atoms with Gasteiger partial charge in [-0.3, -0.25) is 14.4 Å². The van der Waals surface area contributed by atoms with Crippen LogP contribution in [0.1, 0.15) is 59.3 Å². The first kappa shape index (κ1) is 23.8. The molecule has 0 aromatic carbocycles. The van der Waals surface area contributed by atoms with Gasteiger partial charge in [-0.25, -0.2) is 0 Å². The lowest BCUT2D eigenvalue weighted by atomic mass is 9.62. The molecule has 0 saturated carbocycles. The van der Waals surface area contributed by atoms with Crippen molar-refractivity contribution in [3.8, 4) is 0 Å². The number of carbonyl (C=O) groups excluding carboxylic acids is 3. The highest BCUT2D eigenvalue weighted by Crippen LogP contribution is 2.47. The van der Waals surface area contributed by atoms with Crippen LogP contribution in [0, 0.1) is 0 Å². The van der Waals surface area contributed by atoms with Crippen LogP contribution < -0.4 is 0 Å². The Kier molecular flexibility index (Phi) is 7.80. The van der Waals surface area contributed by atoms with Gasteiger partial charge in [0, 0.05) is 19.3 Å². The average Bonchev–Trinajstić information content (AvgIpc) is 2.63. The van der Waals surface area contributed by atoms with E-state index in [1.807, 2.05) is 0 Å². The van der Waals surface area contributed by atoms with Crippen LogP contribution in [0.2, 0.25) is 0 Å². The second kappa shape index (κ2) is 8.85. The van der Waals surface area contributed by atoms with Gasteiger partial charge in [-0.15, -0.1) is 0 Å². The normalized spacial score (nSPS) is 36.4. The summed E-state index contributed by atoms with van der Waals surface area (Å²) in [6, 6.07) is 0. The third kappa shape index (κ3) is 3.48. The van der Waals surface area contributed by atoms with Crippen molar-refractivity contribution in [2.24, 2.45) is 0 Å². The van der Waals surface area contributed by atoms with Gasteiger partial charge in [-0.1, -0.05) is 20.8 Å². The number of carbonyl (C=O) groups is 3. The third-order valence-corrected chi connectivity index (χ3v) is 4.96. The highest BCUT2D eigenvalue weighted by atomic mass is 16.7. The van der Waals surface area contributed by atoms with E-state index in [1.54, 1.807) is 20.8 Å². The molecule has 9 nitrogen and oxygen atoms in total. The van der Waals surface area contributed by atoms with Crippen LogP contribution in [0.25, 0.3) is 0 Å². The molecule has 1 aliphatic rings. The lowest BCUT2D eigenvalue weighted by Gasteiger charge is -2.56. The lowest BCUT2D eigenvalue weighted by Crippen LogP contribution is -2.85. The van der Waals surface area contributed by atoms with Gasteiger partial charge in [0.15, 0.2) is 23.0 Å². The monoisotopic (exact) mass is 390 g/mol. The molecule has 1 saturated heterocycles. The topological polar surface area (TPSA) is 162 Å². The Morgan fingerprint density at radius 3 is 1.74 bits per heavy atom. The molecule has 1 heterocycles. The van der Waals surface area contributed by atoms with E-state index < -0.39 is 53.2 Å². The molecule has 1 unspecified atom stereocenters. The van der Waals surface area contributed by atoms with Crippen molar-refractivity contribution >= 4 is 17.3 Å². The van der Waals surface area contributed by atoms with E-state index in [1.165, 1.54) is 0 Å². The van der Waals surface area contributed by atoms with Gasteiger partial charge >= 0.3 is 0 Å². The molecule has 0 aromatic rings. The predicted octanol–water partition coefficient (Wildman–Crippen LogP) is -1.00. The maximum absolute atomic E-state index is 12.8. The summed E-state index contributed by atoms with van der Waals surface area (Å²) in [5.74, 6) is -6.77. The summed E-state index contributed by atoms with van der Waals surface area (Å²) in [5, 5.41) is 53.3. The zero-order valence-corrected chi connectivity index (χ0v) is 16.0. The fourth-order valence-corrected chi connectivity index (χ4v) is 3.51. The molecule has 0 aliphatic carbocycles. The molecule has 1 fully saturated rings. The Morgan fingerprint density at radius 1 is 0.852 bits per heavy atom. The molecule has 5 atom stereocenters. The molecule has 0 spiro atoms. The molecule has 156 valence electrons. The maximum atomic E-state index is 12.8. The number of ether oxygens (including phenoxy) is 1. The first-order valence-corrected chi connectivity index (χ1v) is 9.26. The molecule has 9 heteroatoms. The summed E-state index contributed by atoms with van der Waals surface area (Å²) in [7, 11) is 0. The summed E-state index contributed by atoms with van der Waals surface area (Å²) < 4.78 is 5.08. The Morgan fingerprint density at radius 2 is 1.30 bits per heavy atom. The van der Waals surface area contributed by atoms with Gasteiger partial charge < -0.3 is 30.3 Å². The summed E-state index contributed by atoms with van der Waals surface area (Å²) in [6.45, 7) is 3.81. The number of rotatable bonds is 10. The van der Waals surface area contributed by atoms with Crippen LogP contribution in [-0.2, 0) is 19.1 Å². The van der Waals surface area contributed by atoms with Crippen LogP contribution >= 0.6 is 0 Å². The third-order valence-electron chi connectivity index (χ3n) is 4.96. The van der Waals surface area contributed by atoms with Crippen molar-refractivity contribution in [2.45, 2.75) is 88.5 Å². The second-order valence-corrected chi connectivity index (χ2v) is 6.92. The zero-order chi connectivity index (χ0) is 21.0. The van der Waals surface area contributed by atoms with Crippen LogP contribution in [0.3, 0.4) is 0 Å². The minimum atomic E-state index is -3.42. The molecule has 1 aliphatic heterocycles. The molecule has 0 radical (unpaired) electrons. The van der Waals surface area contributed by atoms with E-state index in [-0.39, 0.29) is 38.5 Å². The lowest BCUT2D eigenvalue weighted by molar-refractivity contribution is -0.375. The van der Waals surface area contributed by atoms with Crippen molar-refractivity contribution in [2.75, 3.05) is 6.61 Å². The molecule has 0 bridgehead atoms. The number of ketones is 3. The van der Waals surface area contributed by atoms with E-state index in [9.17, 15) is 39.9 Å². The van der Waals surface area contributed by atoms with Crippen LogP contribution in [0.5, 0.6) is 0 Å². The van der Waals surface area contributed by atoms with Crippen molar-refractivity contribution in [3.05, 3.63) is 0 Å². The van der Waals surface area contributed by atoms with E-state index >= 15 is 0 Å². The first-order valence-electron chi connectivity index (χ1n) is 9.26. The second-order valence-electron chi connectivity index (χ2n) is 6.92. The largest absolute Gasteiger partial charge is 0.394 e. The minimum Gasteiger partial charge on any atom is -0.394 e. The highest BCUT2D eigenvalue weighted by Gasteiger charge is 2.78. The van der Waals surface area contributed by atoms with Gasteiger partial charge in [0.25, 0.3) is 5.79 Å². The van der Waals surface area contributed by atoms with Crippen LogP contribution in [-0.4, -0.2) is 78.7 Å². The number of aliphatic hydroxyl groups excluding tert-OH is 2. The molecule has 0 amide bonds. The van der Waals surface area contributed by atoms with Crippen molar-refractivity contribution < 1.29 is 44.7 Å². The van der Waals surface area contributed by atoms with Crippen molar-refractivity contribution in [1.29, 1.82) is 0 Å². The number of hydrogen-bond donors (Lipinski definition) is 5. The number of Topliss-reactive ketones (excluding diaryl/α,β-unsaturated/α-hetero) is 3. The Balaban J connectivity index is 3.78. The Labute approximate surface area is 158 Å². The molecule has 0 aromatic heterocycles. The fraction of sp³-hybridized carbons (Fsp3) is 0.833. The Hall–Kier alpha value is -1.23. The van der Waals surface area contributed by atoms with E-state index in [2.05, 4.69) is 0 Å². The van der Waals surface area contributed by atoms with Crippen molar-refractivity contribution in [3.63, 3.8) is 0 Å². The summed E-state index contributed by atoms with van der Waals surface area (Å²) in [4.78, 5) is 38.1. The first-order chi connectivity index (χ1) is 12.5. The van der Waals surface area contributed by atoms with Gasteiger partial charge in [-0.2, -0.15) is 0 Å². The number of aliphatic hydroxyl groups is 5. The summed E-state index contributed by atoms with van der Waals surface area (Å²) in [5.41, 5.74) is -6.64. The van der Waals surface area contributed by atoms with Crippen molar-refractivity contribution in [1.82, 2.24) is 0 Å². The smallest absolute Gasteiger partial charge is 0.267 e. The van der Waals surface area contributed by atoms with E-state index in [4.69, 9.17) is 4.74 Å². The standard InChI is InChI=1S/C18H30O9/c1-4-7-12(20)16(24)15(23)11(10-19)27-18(26,14(22)9-6-3)17(16,25)13(21)8-5-2/h11,15,19,23-26H,4-10H2,1-3H3/t11-,15-,16+,17-,18?/m1/s1. The summed E-state index contributed by atoms with van der Waals surface area (Å²) in [6.07, 6.45) is -4.46. The minimum absolute atomic E-state index is 0.177. The number of hydrogen-bond acceptors (Lipinski definition) is 9. The molecule has 1 rings (SSSR count). The Bertz CT molecular complexity index is 577. The fourth-order valence-electron chi connectivity index (χ4n) is 3.51. The highest BCUT2D eigenvalue weighted by molar-refractivity contribution is 6.06. The van der Waals surface area contributed by atoms with E-state index in [0.29, 0.717) is 0 Å².